The van der Waals surface area contributed by atoms with Gasteiger partial charge in [-0.15, -0.1) is 5.10 Å². The zero-order valence-electron chi connectivity index (χ0n) is 12.3. The van der Waals surface area contributed by atoms with Crippen LogP contribution < -0.4 is 0 Å². The minimum Gasteiger partial charge on any atom is -0.476 e. The van der Waals surface area contributed by atoms with Crippen molar-refractivity contribution in [1.82, 2.24) is 19.6 Å². The molecule has 2 atom stereocenters. The van der Waals surface area contributed by atoms with Gasteiger partial charge in [-0.2, -0.15) is 15.2 Å². The number of benzene rings is 1. The van der Waals surface area contributed by atoms with Crippen molar-refractivity contribution in [1.29, 1.82) is 5.26 Å². The Morgan fingerprint density at radius 2 is 2.26 bits per heavy atom. The first kappa shape index (κ1) is 13.5. The van der Waals surface area contributed by atoms with Crippen LogP contribution in [-0.2, 0) is 0 Å². The first-order valence-electron chi connectivity index (χ1n) is 7.25. The summed E-state index contributed by atoms with van der Waals surface area (Å²) < 4.78 is 2.20. The molecule has 0 aliphatic heterocycles. The summed E-state index contributed by atoms with van der Waals surface area (Å²) in [6.07, 6.45) is 2.12. The second-order valence-electron chi connectivity index (χ2n) is 5.76. The smallest absolute Gasteiger partial charge is 0.358 e. The van der Waals surface area contributed by atoms with Crippen molar-refractivity contribution in [2.75, 3.05) is 0 Å². The number of carboxylic acid groups (broad SMARTS) is 1. The summed E-state index contributed by atoms with van der Waals surface area (Å²) in [5, 5.41) is 26.9. The summed E-state index contributed by atoms with van der Waals surface area (Å²) in [5.74, 6) is -1.01. The molecule has 114 valence electrons. The van der Waals surface area contributed by atoms with Gasteiger partial charge in [0.2, 0.25) is 0 Å². The molecule has 2 unspecified atom stereocenters. The Morgan fingerprint density at radius 3 is 2.91 bits per heavy atom. The highest BCUT2D eigenvalue weighted by molar-refractivity contribution is 5.85. The highest BCUT2D eigenvalue weighted by Crippen LogP contribution is 2.45. The minimum atomic E-state index is -1.10. The predicted molar refractivity (Wildman–Crippen MR) is 81.3 cm³/mol. The van der Waals surface area contributed by atoms with Crippen molar-refractivity contribution in [3.8, 4) is 11.8 Å². The van der Waals surface area contributed by atoms with Crippen LogP contribution in [0.4, 0.5) is 0 Å². The van der Waals surface area contributed by atoms with E-state index in [9.17, 15) is 4.79 Å². The van der Waals surface area contributed by atoms with Crippen LogP contribution in [0.1, 0.15) is 28.6 Å². The second-order valence-corrected chi connectivity index (χ2v) is 5.76. The van der Waals surface area contributed by atoms with Crippen molar-refractivity contribution in [2.24, 2.45) is 5.92 Å². The fourth-order valence-corrected chi connectivity index (χ4v) is 3.02. The molecule has 1 N–H and O–H groups in total. The number of hydrogen-bond acceptors (Lipinski definition) is 4. The lowest BCUT2D eigenvalue weighted by molar-refractivity contribution is 0.0690. The lowest BCUT2D eigenvalue weighted by Gasteiger charge is -2.06. The third-order valence-electron chi connectivity index (χ3n) is 4.21. The SMILES string of the molecule is Cc1cc2cc(-n3ncc(C(=O)O)n3)ccc2n1C1CC1C#N. The predicted octanol–water partition coefficient (Wildman–Crippen LogP) is 2.31. The molecule has 7 nitrogen and oxygen atoms in total. The molecular formula is C16H13N5O2. The standard InChI is InChI=1S/C16H13N5O2/c1-9-4-10-5-12(21-18-8-13(19-21)16(22)23)2-3-14(10)20(9)15-6-11(15)7-17/h2-5,8,11,15H,6H2,1H3,(H,22,23). The average Bonchev–Trinajstić information content (AvgIpc) is 2.98. The first-order chi connectivity index (χ1) is 11.1. The van der Waals surface area contributed by atoms with Gasteiger partial charge in [0, 0.05) is 16.6 Å². The summed E-state index contributed by atoms with van der Waals surface area (Å²) >= 11 is 0. The Morgan fingerprint density at radius 1 is 1.43 bits per heavy atom. The lowest BCUT2D eigenvalue weighted by atomic mass is 10.2. The number of carbonyl (C=O) groups is 1. The summed E-state index contributed by atoms with van der Waals surface area (Å²) in [7, 11) is 0. The van der Waals surface area contributed by atoms with Crippen LogP contribution in [0.2, 0.25) is 0 Å². The van der Waals surface area contributed by atoms with Crippen LogP contribution in [0.3, 0.4) is 0 Å². The molecule has 0 spiro atoms. The van der Waals surface area contributed by atoms with Gasteiger partial charge in [0.15, 0.2) is 5.69 Å². The van der Waals surface area contributed by atoms with Gasteiger partial charge in [0.05, 0.1) is 29.9 Å². The fraction of sp³-hybridized carbons (Fsp3) is 0.250. The van der Waals surface area contributed by atoms with E-state index in [1.165, 1.54) is 11.0 Å². The summed E-state index contributed by atoms with van der Waals surface area (Å²) in [4.78, 5) is 12.2. The monoisotopic (exact) mass is 307 g/mol. The van der Waals surface area contributed by atoms with Crippen LogP contribution >= 0.6 is 0 Å². The molecule has 7 heteroatoms. The number of aryl methyl sites for hydroxylation is 1. The van der Waals surface area contributed by atoms with Crippen LogP contribution in [0.25, 0.3) is 16.6 Å². The molecule has 0 saturated heterocycles. The van der Waals surface area contributed by atoms with Crippen molar-refractivity contribution in [3.63, 3.8) is 0 Å². The Kier molecular flexibility index (Phi) is 2.75. The zero-order valence-corrected chi connectivity index (χ0v) is 12.3. The molecule has 23 heavy (non-hydrogen) atoms. The highest BCUT2D eigenvalue weighted by atomic mass is 16.4. The molecular weight excluding hydrogens is 294 g/mol. The van der Waals surface area contributed by atoms with Crippen molar-refractivity contribution < 1.29 is 9.90 Å². The van der Waals surface area contributed by atoms with Crippen molar-refractivity contribution in [3.05, 3.63) is 41.9 Å². The molecule has 1 fully saturated rings. The molecule has 2 aromatic heterocycles. The van der Waals surface area contributed by atoms with Gasteiger partial charge in [0.25, 0.3) is 0 Å². The number of aromatic nitrogens is 4. The van der Waals surface area contributed by atoms with Gasteiger partial charge in [-0.25, -0.2) is 4.79 Å². The normalized spacial score (nSPS) is 19.7. The van der Waals surface area contributed by atoms with Crippen LogP contribution in [0.15, 0.2) is 30.5 Å². The van der Waals surface area contributed by atoms with Crippen molar-refractivity contribution >= 4 is 16.9 Å². The Hall–Kier alpha value is -3.14. The maximum Gasteiger partial charge on any atom is 0.358 e. The van der Waals surface area contributed by atoms with E-state index in [0.29, 0.717) is 5.69 Å². The summed E-state index contributed by atoms with van der Waals surface area (Å²) in [5.41, 5.74) is 2.79. The van der Waals surface area contributed by atoms with E-state index < -0.39 is 5.97 Å². The first-order valence-corrected chi connectivity index (χ1v) is 7.25. The maximum absolute atomic E-state index is 10.9. The molecule has 1 aliphatic rings. The minimum absolute atomic E-state index is 0.0892. The number of aromatic carboxylic acids is 1. The van der Waals surface area contributed by atoms with E-state index >= 15 is 0 Å². The summed E-state index contributed by atoms with van der Waals surface area (Å²) in [6, 6.07) is 10.4. The lowest BCUT2D eigenvalue weighted by Crippen LogP contribution is -2.02. The van der Waals surface area contributed by atoms with E-state index in [0.717, 1.165) is 23.0 Å². The number of rotatable bonds is 3. The van der Waals surface area contributed by atoms with Gasteiger partial charge in [-0.1, -0.05) is 0 Å². The van der Waals surface area contributed by atoms with Gasteiger partial charge >= 0.3 is 5.97 Å². The summed E-state index contributed by atoms with van der Waals surface area (Å²) in [6.45, 7) is 2.03. The van der Waals surface area contributed by atoms with Crippen LogP contribution in [-0.4, -0.2) is 30.6 Å². The molecule has 4 rings (SSSR count). The van der Waals surface area contributed by atoms with E-state index in [1.807, 2.05) is 25.1 Å². The quantitative estimate of drug-likeness (QED) is 0.801. The Bertz CT molecular complexity index is 978. The third kappa shape index (κ3) is 2.07. The highest BCUT2D eigenvalue weighted by Gasteiger charge is 2.40. The molecule has 3 aromatic rings. The molecule has 0 bridgehead atoms. The van der Waals surface area contributed by atoms with Gasteiger partial charge < -0.3 is 9.67 Å². The number of carboxylic acids is 1. The molecule has 1 aromatic carbocycles. The molecule has 0 amide bonds. The number of nitriles is 1. The van der Waals surface area contributed by atoms with E-state index in [4.69, 9.17) is 10.4 Å². The molecule has 0 radical (unpaired) electrons. The third-order valence-corrected chi connectivity index (χ3v) is 4.21. The van der Waals surface area contributed by atoms with E-state index in [1.54, 1.807) is 0 Å². The van der Waals surface area contributed by atoms with Gasteiger partial charge in [0.1, 0.15) is 0 Å². The number of nitrogens with zero attached hydrogens (tertiary/aromatic N) is 5. The molecule has 1 aliphatic carbocycles. The number of hydrogen-bond donors (Lipinski definition) is 1. The topological polar surface area (TPSA) is 96.7 Å². The number of fused-ring (bicyclic) bond motifs is 1. The molecule has 2 heterocycles. The zero-order chi connectivity index (χ0) is 16.1. The average molecular weight is 307 g/mol. The van der Waals surface area contributed by atoms with Crippen LogP contribution in [0, 0.1) is 24.2 Å². The largest absolute Gasteiger partial charge is 0.476 e. The molecule has 1 saturated carbocycles. The van der Waals surface area contributed by atoms with Gasteiger partial charge in [-0.3, -0.25) is 0 Å². The van der Waals surface area contributed by atoms with Gasteiger partial charge in [-0.05, 0) is 37.6 Å². The van der Waals surface area contributed by atoms with Crippen LogP contribution in [0.5, 0.6) is 0 Å². The Balaban J connectivity index is 1.77. The second kappa shape index (κ2) is 4.68. The Labute approximate surface area is 131 Å². The van der Waals surface area contributed by atoms with Crippen molar-refractivity contribution in [2.45, 2.75) is 19.4 Å². The van der Waals surface area contributed by atoms with E-state index in [-0.39, 0.29) is 17.7 Å². The van der Waals surface area contributed by atoms with E-state index in [2.05, 4.69) is 26.9 Å². The maximum atomic E-state index is 10.9. The fourth-order valence-electron chi connectivity index (χ4n) is 3.02.